The molecule has 108 valence electrons. The third-order valence-corrected chi connectivity index (χ3v) is 3.90. The van der Waals surface area contributed by atoms with E-state index in [4.69, 9.17) is 5.11 Å². The molecule has 0 saturated heterocycles. The van der Waals surface area contributed by atoms with Crippen LogP contribution >= 0.6 is 0 Å². The van der Waals surface area contributed by atoms with Gasteiger partial charge < -0.3 is 10.4 Å². The Bertz CT molecular complexity index is 480. The van der Waals surface area contributed by atoms with E-state index in [9.17, 15) is 9.59 Å². The summed E-state index contributed by atoms with van der Waals surface area (Å²) in [6, 6.07) is 9.12. The van der Waals surface area contributed by atoms with Gasteiger partial charge in [-0.3, -0.25) is 4.79 Å². The van der Waals surface area contributed by atoms with Gasteiger partial charge in [0.1, 0.15) is 6.04 Å². The van der Waals surface area contributed by atoms with Crippen molar-refractivity contribution in [2.24, 2.45) is 5.41 Å². The van der Waals surface area contributed by atoms with Crippen LogP contribution in [-0.4, -0.2) is 23.0 Å². The summed E-state index contributed by atoms with van der Waals surface area (Å²) in [5.41, 5.74) is 0.741. The summed E-state index contributed by atoms with van der Waals surface area (Å²) in [5.74, 6) is -1.06. The van der Waals surface area contributed by atoms with Crippen molar-refractivity contribution in [2.75, 3.05) is 0 Å². The average Bonchev–Trinajstić information content (AvgIpc) is 3.20. The molecule has 2 N–H and O–H groups in total. The Hall–Kier alpha value is -1.84. The molecule has 20 heavy (non-hydrogen) atoms. The lowest BCUT2D eigenvalue weighted by atomic mass is 9.95. The normalized spacial score (nSPS) is 17.2. The van der Waals surface area contributed by atoms with Crippen molar-refractivity contribution in [1.29, 1.82) is 0 Å². The van der Waals surface area contributed by atoms with Crippen LogP contribution in [0.3, 0.4) is 0 Å². The molecule has 1 aromatic carbocycles. The minimum Gasteiger partial charge on any atom is -0.480 e. The highest BCUT2D eigenvalue weighted by molar-refractivity contribution is 5.89. The van der Waals surface area contributed by atoms with E-state index in [0.717, 1.165) is 24.8 Å². The molecule has 2 rings (SSSR count). The predicted octanol–water partition coefficient (Wildman–Crippen LogP) is 2.38. The van der Waals surface area contributed by atoms with Crippen LogP contribution in [0.4, 0.5) is 0 Å². The lowest BCUT2D eigenvalue weighted by Gasteiger charge is -2.19. The Labute approximate surface area is 119 Å². The quantitative estimate of drug-likeness (QED) is 0.803. The van der Waals surface area contributed by atoms with E-state index < -0.39 is 12.0 Å². The molecule has 1 amide bonds. The number of amides is 1. The molecule has 1 aromatic rings. The maximum absolute atomic E-state index is 12.3. The first-order valence-electron chi connectivity index (χ1n) is 7.15. The molecule has 1 aliphatic carbocycles. The summed E-state index contributed by atoms with van der Waals surface area (Å²) >= 11 is 0. The molecule has 0 bridgehead atoms. The summed E-state index contributed by atoms with van der Waals surface area (Å²) in [6.45, 7) is 1.92. The summed E-state index contributed by atoms with van der Waals surface area (Å²) in [5, 5.41) is 11.8. The van der Waals surface area contributed by atoms with Gasteiger partial charge in [-0.25, -0.2) is 4.79 Å². The molecule has 0 heterocycles. The zero-order valence-corrected chi connectivity index (χ0v) is 11.8. The number of rotatable bonds is 7. The second-order valence-corrected chi connectivity index (χ2v) is 5.60. The first-order chi connectivity index (χ1) is 9.57. The van der Waals surface area contributed by atoms with Gasteiger partial charge in [0.05, 0.1) is 5.41 Å². The lowest BCUT2D eigenvalue weighted by Crippen LogP contribution is -2.44. The number of carboxylic acids is 1. The average molecular weight is 275 g/mol. The summed E-state index contributed by atoms with van der Waals surface area (Å²) < 4.78 is 0. The van der Waals surface area contributed by atoms with Crippen LogP contribution in [0.25, 0.3) is 0 Å². The fourth-order valence-corrected chi connectivity index (χ4v) is 2.48. The third kappa shape index (κ3) is 3.38. The van der Waals surface area contributed by atoms with Crippen LogP contribution in [0.2, 0.25) is 0 Å². The van der Waals surface area contributed by atoms with E-state index >= 15 is 0 Å². The molecule has 0 radical (unpaired) electrons. The van der Waals surface area contributed by atoms with Crippen LogP contribution in [0.5, 0.6) is 0 Å². The second-order valence-electron chi connectivity index (χ2n) is 5.60. The van der Waals surface area contributed by atoms with Crippen molar-refractivity contribution in [3.63, 3.8) is 0 Å². The number of hydrogen-bond donors (Lipinski definition) is 2. The molecule has 1 unspecified atom stereocenters. The minimum atomic E-state index is -0.948. The summed E-state index contributed by atoms with van der Waals surface area (Å²) in [4.78, 5) is 23.5. The van der Waals surface area contributed by atoms with Gasteiger partial charge in [-0.15, -0.1) is 0 Å². The SMILES string of the molecule is CCCC(NC(=O)C1(Cc2ccccc2)CC1)C(=O)O. The van der Waals surface area contributed by atoms with Crippen molar-refractivity contribution < 1.29 is 14.7 Å². The van der Waals surface area contributed by atoms with Crippen LogP contribution in [0, 0.1) is 5.41 Å². The molecule has 1 aliphatic rings. The molecular formula is C16H21NO3. The van der Waals surface area contributed by atoms with Gasteiger partial charge in [-0.05, 0) is 31.2 Å². The van der Waals surface area contributed by atoms with Crippen molar-refractivity contribution >= 4 is 11.9 Å². The standard InChI is InChI=1S/C16H21NO3/c1-2-6-13(14(18)19)17-15(20)16(9-10-16)11-12-7-4-3-5-8-12/h3-5,7-8,13H,2,6,9-11H2,1H3,(H,17,20)(H,18,19). The van der Waals surface area contributed by atoms with Crippen LogP contribution in [-0.2, 0) is 16.0 Å². The van der Waals surface area contributed by atoms with Crippen molar-refractivity contribution in [1.82, 2.24) is 5.32 Å². The number of carboxylic acid groups (broad SMARTS) is 1. The smallest absolute Gasteiger partial charge is 0.326 e. The van der Waals surface area contributed by atoms with Crippen LogP contribution in [0.15, 0.2) is 30.3 Å². The molecule has 1 fully saturated rings. The number of carbonyl (C=O) groups excluding carboxylic acids is 1. The number of nitrogens with one attached hydrogen (secondary N) is 1. The molecule has 1 saturated carbocycles. The Morgan fingerprint density at radius 3 is 2.45 bits per heavy atom. The molecule has 0 spiro atoms. The lowest BCUT2D eigenvalue weighted by molar-refractivity contribution is -0.143. The molecule has 1 atom stereocenters. The largest absolute Gasteiger partial charge is 0.480 e. The minimum absolute atomic E-state index is 0.109. The van der Waals surface area contributed by atoms with Crippen LogP contribution < -0.4 is 5.32 Å². The highest BCUT2D eigenvalue weighted by Gasteiger charge is 2.50. The Morgan fingerprint density at radius 2 is 1.95 bits per heavy atom. The highest BCUT2D eigenvalue weighted by atomic mass is 16.4. The van der Waals surface area contributed by atoms with Gasteiger partial charge in [-0.1, -0.05) is 43.7 Å². The van der Waals surface area contributed by atoms with Gasteiger partial charge in [-0.2, -0.15) is 0 Å². The molecule has 0 aliphatic heterocycles. The zero-order valence-electron chi connectivity index (χ0n) is 11.8. The number of benzene rings is 1. The van der Waals surface area contributed by atoms with Gasteiger partial charge in [0, 0.05) is 0 Å². The van der Waals surface area contributed by atoms with Gasteiger partial charge in [0.25, 0.3) is 0 Å². The zero-order chi connectivity index (χ0) is 14.6. The third-order valence-electron chi connectivity index (χ3n) is 3.90. The molecule has 4 nitrogen and oxygen atoms in total. The first kappa shape index (κ1) is 14.6. The Balaban J connectivity index is 1.99. The maximum Gasteiger partial charge on any atom is 0.326 e. The van der Waals surface area contributed by atoms with Crippen molar-refractivity contribution in [3.8, 4) is 0 Å². The van der Waals surface area contributed by atoms with Gasteiger partial charge >= 0.3 is 5.97 Å². The van der Waals surface area contributed by atoms with E-state index in [-0.39, 0.29) is 11.3 Å². The second kappa shape index (κ2) is 6.07. The summed E-state index contributed by atoms with van der Waals surface area (Å²) in [6.07, 6.45) is 3.59. The highest BCUT2D eigenvalue weighted by Crippen LogP contribution is 2.48. The van der Waals surface area contributed by atoms with E-state index in [1.54, 1.807) is 0 Å². The Kier molecular flexibility index (Phi) is 4.42. The van der Waals surface area contributed by atoms with Crippen LogP contribution in [0.1, 0.15) is 38.2 Å². The molecule has 0 aromatic heterocycles. The summed E-state index contributed by atoms with van der Waals surface area (Å²) in [7, 11) is 0. The number of aliphatic carboxylic acids is 1. The van der Waals surface area contributed by atoms with E-state index in [0.29, 0.717) is 12.8 Å². The van der Waals surface area contributed by atoms with E-state index in [1.807, 2.05) is 37.3 Å². The monoisotopic (exact) mass is 275 g/mol. The topological polar surface area (TPSA) is 66.4 Å². The van der Waals surface area contributed by atoms with Gasteiger partial charge in [0.2, 0.25) is 5.91 Å². The maximum atomic E-state index is 12.3. The molecule has 4 heteroatoms. The predicted molar refractivity (Wildman–Crippen MR) is 76.3 cm³/mol. The van der Waals surface area contributed by atoms with Crippen molar-refractivity contribution in [2.45, 2.75) is 45.1 Å². The van der Waals surface area contributed by atoms with Crippen molar-refractivity contribution in [3.05, 3.63) is 35.9 Å². The number of carbonyl (C=O) groups is 2. The van der Waals surface area contributed by atoms with E-state index in [1.165, 1.54) is 0 Å². The Morgan fingerprint density at radius 1 is 1.30 bits per heavy atom. The number of hydrogen-bond acceptors (Lipinski definition) is 2. The molecular weight excluding hydrogens is 254 g/mol. The first-order valence-corrected chi connectivity index (χ1v) is 7.15. The van der Waals surface area contributed by atoms with Gasteiger partial charge in [0.15, 0.2) is 0 Å². The van der Waals surface area contributed by atoms with E-state index in [2.05, 4.69) is 5.32 Å². The fourth-order valence-electron chi connectivity index (χ4n) is 2.48. The fraction of sp³-hybridized carbons (Fsp3) is 0.500.